The zero-order valence-electron chi connectivity index (χ0n) is 7.53. The molecule has 1 heterocycles. The summed E-state index contributed by atoms with van der Waals surface area (Å²) < 4.78 is 7.46. The zero-order valence-corrected chi connectivity index (χ0v) is 9.11. The van der Waals surface area contributed by atoms with Gasteiger partial charge >= 0.3 is 0 Å². The van der Waals surface area contributed by atoms with Crippen molar-refractivity contribution in [2.75, 3.05) is 0 Å². The molecule has 14 heavy (non-hydrogen) atoms. The van der Waals surface area contributed by atoms with E-state index in [0.29, 0.717) is 5.76 Å². The largest absolute Gasteiger partial charge is 0.376 e. The number of aryl methyl sites for hydroxylation is 1. The Morgan fingerprint density at radius 3 is 2.43 bits per heavy atom. The Morgan fingerprint density at radius 1 is 1.29 bits per heavy atom. The number of aromatic nitrogens is 1. The fraction of sp³-hybridized carbons (Fsp3) is 0.100. The molecular formula is C10H8BrNO2. The molecule has 0 unspecified atom stereocenters. The van der Waals surface area contributed by atoms with E-state index >= 15 is 0 Å². The number of halogens is 1. The molecule has 1 aromatic carbocycles. The SMILES string of the molecule is Cc1cc(=O)n(-c2ccc(Br)cc2)o1. The lowest BCUT2D eigenvalue weighted by atomic mass is 10.3. The van der Waals surface area contributed by atoms with Gasteiger partial charge in [0.05, 0.1) is 5.69 Å². The first kappa shape index (κ1) is 9.27. The molecule has 2 rings (SSSR count). The summed E-state index contributed by atoms with van der Waals surface area (Å²) in [5.41, 5.74) is 0.580. The average molecular weight is 254 g/mol. The van der Waals surface area contributed by atoms with Crippen molar-refractivity contribution >= 4 is 15.9 Å². The molecular weight excluding hydrogens is 246 g/mol. The average Bonchev–Trinajstić information content (AvgIpc) is 2.47. The number of benzene rings is 1. The molecule has 72 valence electrons. The van der Waals surface area contributed by atoms with Crippen LogP contribution in [0.1, 0.15) is 5.76 Å². The molecule has 0 aliphatic heterocycles. The molecule has 0 bridgehead atoms. The Bertz CT molecular complexity index is 496. The van der Waals surface area contributed by atoms with Crippen molar-refractivity contribution in [1.82, 2.24) is 4.74 Å². The first-order valence-electron chi connectivity index (χ1n) is 4.13. The molecule has 2 aromatic rings. The number of nitrogens with zero attached hydrogens (tertiary/aromatic N) is 1. The van der Waals surface area contributed by atoms with Gasteiger partial charge in [0.2, 0.25) is 0 Å². The highest BCUT2D eigenvalue weighted by molar-refractivity contribution is 9.10. The summed E-state index contributed by atoms with van der Waals surface area (Å²) in [6, 6.07) is 8.81. The van der Waals surface area contributed by atoms with Crippen molar-refractivity contribution in [3.05, 3.63) is 50.9 Å². The Hall–Kier alpha value is -1.29. The van der Waals surface area contributed by atoms with Crippen molar-refractivity contribution in [2.45, 2.75) is 6.92 Å². The molecule has 0 saturated heterocycles. The maximum atomic E-state index is 11.4. The zero-order chi connectivity index (χ0) is 10.1. The van der Waals surface area contributed by atoms with Crippen LogP contribution in [0.3, 0.4) is 0 Å². The van der Waals surface area contributed by atoms with Gasteiger partial charge in [-0.1, -0.05) is 15.9 Å². The van der Waals surface area contributed by atoms with Gasteiger partial charge in [-0.25, -0.2) is 0 Å². The number of hydrogen-bond donors (Lipinski definition) is 0. The van der Waals surface area contributed by atoms with Crippen LogP contribution in [-0.4, -0.2) is 4.74 Å². The lowest BCUT2D eigenvalue weighted by molar-refractivity contribution is 0.322. The molecule has 4 heteroatoms. The van der Waals surface area contributed by atoms with Gasteiger partial charge < -0.3 is 4.52 Å². The summed E-state index contributed by atoms with van der Waals surface area (Å²) in [6.45, 7) is 1.75. The lowest BCUT2D eigenvalue weighted by Gasteiger charge is -1.98. The van der Waals surface area contributed by atoms with E-state index in [-0.39, 0.29) is 5.56 Å². The maximum absolute atomic E-state index is 11.4. The van der Waals surface area contributed by atoms with Gasteiger partial charge in [-0.15, -0.1) is 4.74 Å². The minimum atomic E-state index is -0.148. The topological polar surface area (TPSA) is 35.1 Å². The molecule has 0 fully saturated rings. The molecule has 0 radical (unpaired) electrons. The Labute approximate surface area is 89.1 Å². The van der Waals surface area contributed by atoms with E-state index in [0.717, 1.165) is 10.2 Å². The predicted molar refractivity (Wildman–Crippen MR) is 56.7 cm³/mol. The first-order valence-corrected chi connectivity index (χ1v) is 4.92. The van der Waals surface area contributed by atoms with Crippen molar-refractivity contribution in [2.24, 2.45) is 0 Å². The molecule has 0 aliphatic rings. The van der Waals surface area contributed by atoms with Crippen LogP contribution < -0.4 is 5.56 Å². The summed E-state index contributed by atoms with van der Waals surface area (Å²) in [7, 11) is 0. The molecule has 0 saturated carbocycles. The maximum Gasteiger partial charge on any atom is 0.287 e. The van der Waals surface area contributed by atoms with Crippen LogP contribution in [0.2, 0.25) is 0 Å². The standard InChI is InChI=1S/C10H8BrNO2/c1-7-6-10(13)12(14-7)9-4-2-8(11)3-5-9/h2-6H,1H3. The van der Waals surface area contributed by atoms with Crippen molar-refractivity contribution in [3.8, 4) is 5.69 Å². The van der Waals surface area contributed by atoms with Crippen molar-refractivity contribution in [3.63, 3.8) is 0 Å². The highest BCUT2D eigenvalue weighted by Crippen LogP contribution is 2.13. The van der Waals surface area contributed by atoms with E-state index in [1.807, 2.05) is 24.3 Å². The van der Waals surface area contributed by atoms with Crippen LogP contribution in [0.25, 0.3) is 5.69 Å². The van der Waals surface area contributed by atoms with Gasteiger partial charge in [0.15, 0.2) is 0 Å². The Kier molecular flexibility index (Phi) is 2.29. The van der Waals surface area contributed by atoms with E-state index in [2.05, 4.69) is 15.9 Å². The molecule has 1 aromatic heterocycles. The minimum absolute atomic E-state index is 0.148. The van der Waals surface area contributed by atoms with Gasteiger partial charge in [-0.3, -0.25) is 4.79 Å². The summed E-state index contributed by atoms with van der Waals surface area (Å²) >= 11 is 3.32. The highest BCUT2D eigenvalue weighted by atomic mass is 79.9. The van der Waals surface area contributed by atoms with E-state index in [1.54, 1.807) is 6.92 Å². The predicted octanol–water partition coefficient (Wildman–Crippen LogP) is 2.50. The van der Waals surface area contributed by atoms with Crippen LogP contribution in [-0.2, 0) is 0 Å². The smallest absolute Gasteiger partial charge is 0.287 e. The third kappa shape index (κ3) is 1.65. The minimum Gasteiger partial charge on any atom is -0.376 e. The van der Waals surface area contributed by atoms with Crippen LogP contribution in [0, 0.1) is 6.92 Å². The molecule has 3 nitrogen and oxygen atoms in total. The number of rotatable bonds is 1. The van der Waals surface area contributed by atoms with Gasteiger partial charge in [-0.2, -0.15) is 0 Å². The van der Waals surface area contributed by atoms with Crippen LogP contribution in [0.15, 0.2) is 44.1 Å². The molecule has 0 amide bonds. The fourth-order valence-electron chi connectivity index (χ4n) is 1.20. The van der Waals surface area contributed by atoms with Crippen molar-refractivity contribution in [1.29, 1.82) is 0 Å². The normalized spacial score (nSPS) is 10.4. The third-order valence-electron chi connectivity index (χ3n) is 1.82. The number of hydrogen-bond acceptors (Lipinski definition) is 2. The van der Waals surface area contributed by atoms with E-state index < -0.39 is 0 Å². The highest BCUT2D eigenvalue weighted by Gasteiger charge is 2.03. The van der Waals surface area contributed by atoms with Gasteiger partial charge in [0, 0.05) is 10.5 Å². The summed E-state index contributed by atoms with van der Waals surface area (Å²) in [5.74, 6) is 0.609. The van der Waals surface area contributed by atoms with E-state index in [4.69, 9.17) is 4.52 Å². The fourth-order valence-corrected chi connectivity index (χ4v) is 1.47. The van der Waals surface area contributed by atoms with E-state index in [1.165, 1.54) is 10.8 Å². The van der Waals surface area contributed by atoms with Crippen LogP contribution in [0.4, 0.5) is 0 Å². The summed E-state index contributed by atoms with van der Waals surface area (Å²) in [6.07, 6.45) is 0. The summed E-state index contributed by atoms with van der Waals surface area (Å²) in [4.78, 5) is 11.4. The lowest BCUT2D eigenvalue weighted by Crippen LogP contribution is -2.10. The van der Waals surface area contributed by atoms with Gasteiger partial charge in [0.25, 0.3) is 5.56 Å². The molecule has 0 aliphatic carbocycles. The molecule has 0 atom stereocenters. The van der Waals surface area contributed by atoms with Crippen LogP contribution in [0.5, 0.6) is 0 Å². The third-order valence-corrected chi connectivity index (χ3v) is 2.35. The second-order valence-electron chi connectivity index (χ2n) is 2.96. The Morgan fingerprint density at radius 2 is 1.93 bits per heavy atom. The molecule has 0 spiro atoms. The van der Waals surface area contributed by atoms with Gasteiger partial charge in [-0.05, 0) is 31.2 Å². The first-order chi connectivity index (χ1) is 6.66. The monoisotopic (exact) mass is 253 g/mol. The van der Waals surface area contributed by atoms with Gasteiger partial charge in [0.1, 0.15) is 5.76 Å². The second-order valence-corrected chi connectivity index (χ2v) is 3.87. The Balaban J connectivity index is 2.54. The quantitative estimate of drug-likeness (QED) is 0.783. The summed E-state index contributed by atoms with van der Waals surface area (Å²) in [5, 5.41) is 0. The van der Waals surface area contributed by atoms with Crippen molar-refractivity contribution < 1.29 is 4.52 Å². The molecule has 0 N–H and O–H groups in total. The second kappa shape index (κ2) is 3.46. The van der Waals surface area contributed by atoms with E-state index in [9.17, 15) is 4.79 Å². The van der Waals surface area contributed by atoms with Crippen LogP contribution >= 0.6 is 15.9 Å².